The Kier molecular flexibility index (Phi) is 28.9. The van der Waals surface area contributed by atoms with Crippen LogP contribution in [0, 0.1) is 18.8 Å². The maximum Gasteiger partial charge on any atom is 0.181 e. The van der Waals surface area contributed by atoms with Gasteiger partial charge in [-0.05, 0) is 121 Å². The van der Waals surface area contributed by atoms with Crippen LogP contribution in [0.25, 0.3) is 40.3 Å². The van der Waals surface area contributed by atoms with Gasteiger partial charge in [-0.15, -0.1) is 22.7 Å². The van der Waals surface area contributed by atoms with E-state index in [0.29, 0.717) is 16.5 Å². The molecule has 0 nitrogen and oxygen atoms in total. The zero-order valence-corrected chi connectivity index (χ0v) is 78.9. The van der Waals surface area contributed by atoms with Crippen molar-refractivity contribution in [2.75, 3.05) is 0 Å². The summed E-state index contributed by atoms with van der Waals surface area (Å²) in [6.07, 6.45) is 0. The second-order valence-corrected chi connectivity index (χ2v) is 48.6. The van der Waals surface area contributed by atoms with Gasteiger partial charge in [-0.1, -0.05) is 529 Å². The molecule has 17 aromatic rings. The van der Waals surface area contributed by atoms with Gasteiger partial charge >= 0.3 is 0 Å². The Bertz CT molecular complexity index is 5970. The highest BCUT2D eigenvalue weighted by atomic mass is 32.1. The number of fused-ring (bicyclic) bond motifs is 6. The molecule has 0 amide bonds. The molecule has 0 N–H and O–H groups in total. The lowest BCUT2D eigenvalue weighted by atomic mass is 9.86. The number of hydrogen-bond acceptors (Lipinski definition) is 2. The number of benzene rings is 15. The first-order valence-electron chi connectivity index (χ1n) is 44.6. The third-order valence-electron chi connectivity index (χ3n) is 21.1. The zero-order chi connectivity index (χ0) is 89.2. The second kappa shape index (κ2) is 41.1. The molecule has 0 bridgehead atoms. The lowest BCUT2D eigenvalue weighted by molar-refractivity contribution is 0.589. The largest absolute Gasteiger partial charge is 0.181 e. The Morgan fingerprint density at radius 2 is 0.542 bits per heavy atom. The third-order valence-corrected chi connectivity index (χ3v) is 36.3. The van der Waals surface area contributed by atoms with E-state index >= 15 is 0 Å². The van der Waals surface area contributed by atoms with Gasteiger partial charge in [0.05, 0.1) is 5.48 Å². The molecule has 2 heterocycles. The van der Waals surface area contributed by atoms with E-state index in [4.69, 9.17) is 5.48 Å². The van der Waals surface area contributed by atoms with Crippen molar-refractivity contribution in [2.24, 2.45) is 11.8 Å². The van der Waals surface area contributed by atoms with Crippen LogP contribution in [0.1, 0.15) is 158 Å². The maximum absolute atomic E-state index is 7.91. The summed E-state index contributed by atoms with van der Waals surface area (Å²) in [5, 5.41) is 21.3. The quantitative estimate of drug-likeness (QED) is 0.0894. The van der Waals surface area contributed by atoms with Gasteiger partial charge in [0.1, 0.15) is 0 Å². The van der Waals surface area contributed by atoms with E-state index in [2.05, 4.69) is 480 Å². The van der Waals surface area contributed by atoms with Gasteiger partial charge in [0, 0.05) is 40.3 Å². The summed E-state index contributed by atoms with van der Waals surface area (Å²) < 4.78 is 36.5. The molecule has 0 saturated carbocycles. The normalized spacial score (nSPS) is 12.2. The zero-order valence-electron chi connectivity index (χ0n) is 78.3. The van der Waals surface area contributed by atoms with Crippen molar-refractivity contribution < 1.29 is 5.48 Å². The van der Waals surface area contributed by atoms with Crippen LogP contribution in [0.2, 0.25) is 0 Å². The summed E-state index contributed by atoms with van der Waals surface area (Å²) in [6, 6.07) is 139. The van der Waals surface area contributed by atoms with Crippen LogP contribution in [0.4, 0.5) is 0 Å². The van der Waals surface area contributed by atoms with Crippen molar-refractivity contribution in [2.45, 2.75) is 153 Å². The molecule has 0 aliphatic rings. The molecule has 0 saturated heterocycles. The highest BCUT2D eigenvalue weighted by molar-refractivity contribution is 7.31. The molecular weight excluding hydrogens is 1530 g/mol. The van der Waals surface area contributed by atoms with Crippen molar-refractivity contribution in [3.8, 4) is 0 Å². The fourth-order valence-electron chi connectivity index (χ4n) is 15.3. The van der Waals surface area contributed by atoms with Crippen molar-refractivity contribution in [3.05, 3.63) is 428 Å². The van der Waals surface area contributed by atoms with E-state index in [1.807, 2.05) is 43.4 Å². The maximum atomic E-state index is 7.91. The Morgan fingerprint density at radius 3 is 0.900 bits per heavy atom. The summed E-state index contributed by atoms with van der Waals surface area (Å²) in [4.78, 5) is 0. The number of thiophene rings is 2. The fourth-order valence-corrected chi connectivity index (χ4v) is 30.8. The molecule has 0 aliphatic carbocycles. The summed E-state index contributed by atoms with van der Waals surface area (Å²) in [5.41, 5.74) is 5.41. The van der Waals surface area contributed by atoms with Crippen LogP contribution in [-0.2, 0) is 21.7 Å². The first kappa shape index (κ1) is 84.4. The van der Waals surface area contributed by atoms with E-state index in [1.54, 1.807) is 6.92 Å². The highest BCUT2D eigenvalue weighted by Gasteiger charge is 2.44. The molecular formula is C115H125S2Si3. The van der Waals surface area contributed by atoms with Gasteiger partial charge in [-0.25, -0.2) is 0 Å². The monoisotopic (exact) mass is 1660 g/mol. The van der Waals surface area contributed by atoms with E-state index in [0.717, 1.165) is 11.8 Å². The summed E-state index contributed by atoms with van der Waals surface area (Å²) >= 11 is 3.87. The van der Waals surface area contributed by atoms with Gasteiger partial charge in [0.25, 0.3) is 0 Å². The minimum Gasteiger partial charge on any atom is -0.135 e. The molecule has 15 aromatic carbocycles. The van der Waals surface area contributed by atoms with Crippen LogP contribution in [0.15, 0.2) is 400 Å². The minimum absolute atomic E-state index is 0.00185. The van der Waals surface area contributed by atoms with Gasteiger partial charge < -0.3 is 0 Å². The molecule has 0 spiro atoms. The topological polar surface area (TPSA) is 0 Å². The summed E-state index contributed by atoms with van der Waals surface area (Å²) in [5.74, 6) is 1.67. The number of rotatable bonds is 11. The molecule has 120 heavy (non-hydrogen) atoms. The molecule has 0 aliphatic heterocycles. The Hall–Kier alpha value is -10.6. The fraction of sp³-hybridized carbons (Fsp3) is 0.217. The number of hydrogen-bond donors (Lipinski definition) is 0. The van der Waals surface area contributed by atoms with Crippen LogP contribution < -0.4 is 57.1 Å². The predicted octanol–water partition coefficient (Wildman–Crippen LogP) is 25.3. The first-order chi connectivity index (χ1) is 59.2. The SMILES string of the molecule is CC(C)(C)c1ccc([Si](c2ccccc2)(c2ccccc2)c2cccc3c2sc2ccccc23)cc1.CC(C)(C)c1ccc([Si](c2ccccc2)(c2ccccc2)c2ccccc2)cc1.CC(C)(C)c1ccccc1.CC(C)C.CC(C)C.[2H]c1c([2H])c(C)c([2H])c(C(C)(C)C)c1[2H].c1ccc([Si](c2ccccc2)c2cccc3c2sc2ccccc23)cc1. The average molecular weight is 1660 g/mol. The van der Waals surface area contributed by atoms with E-state index in [1.165, 1.54) is 114 Å². The van der Waals surface area contributed by atoms with Crippen molar-refractivity contribution in [1.82, 2.24) is 0 Å². The minimum atomic E-state index is -2.60. The van der Waals surface area contributed by atoms with Crippen LogP contribution in [-0.4, -0.2) is 24.9 Å². The van der Waals surface area contributed by atoms with Gasteiger partial charge in [0.15, 0.2) is 24.9 Å². The first-order valence-corrected chi connectivity index (χ1v) is 49.7. The Balaban J connectivity index is 0.000000155. The van der Waals surface area contributed by atoms with Crippen molar-refractivity contribution >= 4 is 145 Å². The molecule has 1 radical (unpaired) electrons. The molecule has 0 atom stereocenters. The van der Waals surface area contributed by atoms with Crippen molar-refractivity contribution in [1.29, 1.82) is 0 Å². The predicted molar refractivity (Wildman–Crippen MR) is 543 cm³/mol. The molecule has 5 heteroatoms. The summed E-state index contributed by atoms with van der Waals surface area (Å²) in [7, 11) is -6.02. The molecule has 0 unspecified atom stereocenters. The lowest BCUT2D eigenvalue weighted by Gasteiger charge is -2.35. The van der Waals surface area contributed by atoms with Gasteiger partial charge in [-0.3, -0.25) is 0 Å². The Labute approximate surface area is 738 Å². The standard InChI is InChI=1S/C34H30SSi.C28H28Si.C24H17SSi.C11H16.C10H14.2C4H10/c1-34(2,3)25-21-23-28(24-22-25)36(26-13-6-4-7-14-26,27-15-8-5-9-16-27)32-20-12-18-30-29-17-10-11-19-31(29)35-33(30)32;1-28(2,3)23-19-21-27(22-20-23)29(24-13-7-4-8-14-24,25-15-9-5-10-16-25)26-17-11-6-12-18-26;1-3-10-18(11-4-1)26(19-12-5-2-6-13-19)23-17-9-15-21-20-14-7-8-16-22(20)25-24(21)23;1-9-6-5-7-10(8-9)11(2,3)4;1-10(2,3)9-7-5-4-6-8-9;2*1-4(2)3/h4-24H,1-3H3;4-22H,1-3H3;1-17H;5-8H,1-4H3;4-8H,1-3H3;2*4H,1-3H3/i;;;5D,6D,7D,8D;;;. The Morgan fingerprint density at radius 1 is 0.267 bits per heavy atom. The van der Waals surface area contributed by atoms with Gasteiger partial charge in [0.2, 0.25) is 0 Å². The van der Waals surface area contributed by atoms with Gasteiger partial charge in [-0.2, -0.15) is 0 Å². The highest BCUT2D eigenvalue weighted by Crippen LogP contribution is 2.36. The van der Waals surface area contributed by atoms with Crippen molar-refractivity contribution in [3.63, 3.8) is 0 Å². The summed E-state index contributed by atoms with van der Waals surface area (Å²) in [6.45, 7) is 40.8. The molecule has 609 valence electrons. The smallest absolute Gasteiger partial charge is 0.135 e. The molecule has 2 aromatic heterocycles. The van der Waals surface area contributed by atoms with Crippen LogP contribution in [0.3, 0.4) is 0 Å². The van der Waals surface area contributed by atoms with Crippen LogP contribution in [0.5, 0.6) is 0 Å². The van der Waals surface area contributed by atoms with Crippen LogP contribution >= 0.6 is 22.7 Å². The molecule has 17 rings (SSSR count). The van der Waals surface area contributed by atoms with E-state index in [-0.39, 0.29) is 40.4 Å². The second-order valence-electron chi connectivity index (χ2n) is 36.5. The third kappa shape index (κ3) is 22.3. The average Bonchev–Trinajstić information content (AvgIpc) is 1.32. The van der Waals surface area contributed by atoms with E-state index in [9.17, 15) is 0 Å². The lowest BCUT2D eigenvalue weighted by Crippen LogP contribution is -2.74. The van der Waals surface area contributed by atoms with E-state index < -0.39 is 24.9 Å². The molecule has 0 fully saturated rings.